The SMILES string of the molecule is N#CC1CCCN1C(=O)C(N)CN1CC2C[C@H]1C(=O)N2C1c2ccccc2Cc2ccccc21. The molecule has 7 heteroatoms. The van der Waals surface area contributed by atoms with Crippen LogP contribution in [0.25, 0.3) is 0 Å². The van der Waals surface area contributed by atoms with Gasteiger partial charge in [0.1, 0.15) is 6.04 Å². The Hall–Kier alpha value is -3.21. The smallest absolute Gasteiger partial charge is 0.241 e. The minimum absolute atomic E-state index is 0.0675. The Morgan fingerprint density at radius 2 is 1.79 bits per heavy atom. The van der Waals surface area contributed by atoms with E-state index in [1.807, 2.05) is 0 Å². The molecule has 3 saturated heterocycles. The lowest BCUT2D eigenvalue weighted by molar-refractivity contribution is -0.140. The lowest BCUT2D eigenvalue weighted by atomic mass is 9.81. The first-order valence-electron chi connectivity index (χ1n) is 12.2. The van der Waals surface area contributed by atoms with Gasteiger partial charge < -0.3 is 15.5 Å². The number of piperazine rings is 1. The first-order valence-corrected chi connectivity index (χ1v) is 12.2. The van der Waals surface area contributed by atoms with Gasteiger partial charge in [0.15, 0.2) is 0 Å². The zero-order chi connectivity index (χ0) is 23.4. The maximum absolute atomic E-state index is 13.7. The summed E-state index contributed by atoms with van der Waals surface area (Å²) < 4.78 is 0. The molecule has 0 saturated carbocycles. The van der Waals surface area contributed by atoms with Crippen LogP contribution in [0, 0.1) is 11.3 Å². The molecular weight excluding hydrogens is 426 g/mol. The summed E-state index contributed by atoms with van der Waals surface area (Å²) in [4.78, 5) is 32.4. The van der Waals surface area contributed by atoms with E-state index in [1.165, 1.54) is 22.3 Å². The number of amides is 2. The van der Waals surface area contributed by atoms with E-state index in [0.29, 0.717) is 19.5 Å². The van der Waals surface area contributed by atoms with Crippen molar-refractivity contribution in [3.63, 3.8) is 0 Å². The summed E-state index contributed by atoms with van der Waals surface area (Å²) in [5.41, 5.74) is 11.3. The highest BCUT2D eigenvalue weighted by Crippen LogP contribution is 2.45. The van der Waals surface area contributed by atoms with Gasteiger partial charge in [-0.15, -0.1) is 0 Å². The number of nitrogens with zero attached hydrogens (tertiary/aromatic N) is 4. The van der Waals surface area contributed by atoms with Crippen LogP contribution in [0.15, 0.2) is 48.5 Å². The molecule has 3 fully saturated rings. The number of hydrogen-bond donors (Lipinski definition) is 1. The van der Waals surface area contributed by atoms with E-state index >= 15 is 0 Å². The largest absolute Gasteiger partial charge is 0.326 e. The maximum atomic E-state index is 13.7. The molecule has 7 nitrogen and oxygen atoms in total. The molecule has 6 rings (SSSR count). The van der Waals surface area contributed by atoms with Gasteiger partial charge in [0.25, 0.3) is 0 Å². The summed E-state index contributed by atoms with van der Waals surface area (Å²) in [6, 6.07) is 17.8. The van der Waals surface area contributed by atoms with Gasteiger partial charge in [0, 0.05) is 25.7 Å². The van der Waals surface area contributed by atoms with Gasteiger partial charge in [-0.2, -0.15) is 5.26 Å². The van der Waals surface area contributed by atoms with E-state index in [9.17, 15) is 14.9 Å². The number of carbonyl (C=O) groups excluding carboxylic acids is 2. The van der Waals surface area contributed by atoms with Crippen molar-refractivity contribution in [2.75, 3.05) is 19.6 Å². The quantitative estimate of drug-likeness (QED) is 0.759. The average molecular weight is 456 g/mol. The van der Waals surface area contributed by atoms with E-state index in [1.54, 1.807) is 4.90 Å². The summed E-state index contributed by atoms with van der Waals surface area (Å²) in [5, 5.41) is 9.32. The van der Waals surface area contributed by atoms with Gasteiger partial charge in [-0.1, -0.05) is 48.5 Å². The molecule has 2 amide bonds. The third-order valence-electron chi connectivity index (χ3n) is 8.11. The lowest BCUT2D eigenvalue weighted by Gasteiger charge is -2.42. The highest BCUT2D eigenvalue weighted by atomic mass is 16.2. The van der Waals surface area contributed by atoms with Crippen molar-refractivity contribution >= 4 is 11.8 Å². The minimum Gasteiger partial charge on any atom is -0.326 e. The Morgan fingerprint density at radius 3 is 2.44 bits per heavy atom. The molecule has 3 aliphatic heterocycles. The van der Waals surface area contributed by atoms with Crippen molar-refractivity contribution in [2.24, 2.45) is 5.73 Å². The second-order valence-corrected chi connectivity index (χ2v) is 10.0. The van der Waals surface area contributed by atoms with Crippen LogP contribution in [0.3, 0.4) is 0 Å². The third kappa shape index (κ3) is 3.24. The minimum atomic E-state index is -0.717. The van der Waals surface area contributed by atoms with Crippen molar-refractivity contribution in [3.05, 3.63) is 70.8 Å². The van der Waals surface area contributed by atoms with E-state index in [-0.39, 0.29) is 36.0 Å². The summed E-state index contributed by atoms with van der Waals surface area (Å²) in [5.74, 6) is -0.0465. The molecule has 0 spiro atoms. The maximum Gasteiger partial charge on any atom is 0.241 e. The zero-order valence-corrected chi connectivity index (χ0v) is 19.1. The number of nitrogens with two attached hydrogens (primary N) is 1. The summed E-state index contributed by atoms with van der Waals surface area (Å²) in [6.07, 6.45) is 3.21. The van der Waals surface area contributed by atoms with Gasteiger partial charge in [-0.25, -0.2) is 0 Å². The molecule has 2 aromatic rings. The Kier molecular flexibility index (Phi) is 5.16. The number of fused-ring (bicyclic) bond motifs is 4. The van der Waals surface area contributed by atoms with Crippen molar-refractivity contribution in [1.82, 2.24) is 14.7 Å². The normalized spacial score (nSPS) is 26.9. The monoisotopic (exact) mass is 455 g/mol. The molecule has 4 atom stereocenters. The van der Waals surface area contributed by atoms with E-state index in [2.05, 4.69) is 64.4 Å². The fourth-order valence-electron chi connectivity index (χ4n) is 6.53. The third-order valence-corrected chi connectivity index (χ3v) is 8.11. The number of likely N-dealkylation sites (tertiary alicyclic amines) is 3. The first kappa shape index (κ1) is 21.3. The van der Waals surface area contributed by atoms with E-state index < -0.39 is 6.04 Å². The second kappa shape index (κ2) is 8.23. The Bertz CT molecular complexity index is 1140. The number of hydrogen-bond acceptors (Lipinski definition) is 5. The number of carbonyl (C=O) groups is 2. The molecule has 174 valence electrons. The van der Waals surface area contributed by atoms with Gasteiger partial charge in [0.05, 0.1) is 24.2 Å². The van der Waals surface area contributed by atoms with Crippen molar-refractivity contribution < 1.29 is 9.59 Å². The Labute approximate surface area is 199 Å². The average Bonchev–Trinajstić information content (AvgIpc) is 3.57. The second-order valence-electron chi connectivity index (χ2n) is 10.0. The van der Waals surface area contributed by atoms with E-state index in [4.69, 9.17) is 5.73 Å². The van der Waals surface area contributed by atoms with Crippen LogP contribution in [0.4, 0.5) is 0 Å². The van der Waals surface area contributed by atoms with Gasteiger partial charge in [0.2, 0.25) is 11.8 Å². The predicted octanol–water partition coefficient (Wildman–Crippen LogP) is 1.81. The topological polar surface area (TPSA) is 93.7 Å². The summed E-state index contributed by atoms with van der Waals surface area (Å²) in [6.45, 7) is 1.66. The first-order chi connectivity index (χ1) is 16.6. The summed E-state index contributed by atoms with van der Waals surface area (Å²) >= 11 is 0. The molecule has 34 heavy (non-hydrogen) atoms. The van der Waals surface area contributed by atoms with Crippen molar-refractivity contribution in [1.29, 1.82) is 5.26 Å². The molecule has 0 aromatic heterocycles. The molecule has 3 unspecified atom stereocenters. The van der Waals surface area contributed by atoms with Crippen LogP contribution in [0.5, 0.6) is 0 Å². The van der Waals surface area contributed by atoms with Gasteiger partial charge in [-0.05, 0) is 47.9 Å². The van der Waals surface area contributed by atoms with Crippen LogP contribution >= 0.6 is 0 Å². The predicted molar refractivity (Wildman–Crippen MR) is 126 cm³/mol. The van der Waals surface area contributed by atoms with Crippen LogP contribution in [-0.4, -0.2) is 70.3 Å². The molecule has 0 radical (unpaired) electrons. The number of nitriles is 1. The van der Waals surface area contributed by atoms with Crippen LogP contribution < -0.4 is 5.73 Å². The van der Waals surface area contributed by atoms with Crippen LogP contribution in [-0.2, 0) is 16.0 Å². The van der Waals surface area contributed by atoms with Crippen LogP contribution in [0.2, 0.25) is 0 Å². The fourth-order valence-corrected chi connectivity index (χ4v) is 6.53. The zero-order valence-electron chi connectivity index (χ0n) is 19.1. The molecular formula is C27H29N5O2. The van der Waals surface area contributed by atoms with Crippen LogP contribution in [0.1, 0.15) is 47.6 Å². The molecule has 4 aliphatic rings. The lowest BCUT2D eigenvalue weighted by Crippen LogP contribution is -2.57. The number of rotatable bonds is 4. The van der Waals surface area contributed by atoms with Crippen molar-refractivity contribution in [3.8, 4) is 6.07 Å². The van der Waals surface area contributed by atoms with Gasteiger partial charge in [-0.3, -0.25) is 14.5 Å². The molecule has 2 bridgehead atoms. The van der Waals surface area contributed by atoms with Gasteiger partial charge >= 0.3 is 0 Å². The Morgan fingerprint density at radius 1 is 1.12 bits per heavy atom. The standard InChI is InChI=1S/C27H29N5O2/c28-14-19-8-5-11-31(19)26(33)23(29)16-30-15-20-13-24(30)27(34)32(20)25-21-9-3-1-6-17(21)12-18-7-2-4-10-22(18)25/h1-4,6-7,9-10,19-20,23-25H,5,8,11-13,15-16,29H2/t19?,20?,23?,24-/m0/s1. The summed E-state index contributed by atoms with van der Waals surface area (Å²) in [7, 11) is 0. The Balaban J connectivity index is 1.22. The molecule has 2 aromatic carbocycles. The molecule has 3 heterocycles. The van der Waals surface area contributed by atoms with Crippen molar-refractivity contribution in [2.45, 2.75) is 55.9 Å². The highest BCUT2D eigenvalue weighted by Gasteiger charge is 2.53. The molecule has 2 N–H and O–H groups in total. The highest BCUT2D eigenvalue weighted by molar-refractivity contribution is 5.87. The van der Waals surface area contributed by atoms with E-state index in [0.717, 1.165) is 25.8 Å². The fraction of sp³-hybridized carbons (Fsp3) is 0.444. The number of benzene rings is 2. The molecule has 1 aliphatic carbocycles.